The normalized spacial score (nSPS) is 11.2. The van der Waals surface area contributed by atoms with Crippen molar-refractivity contribution in [3.63, 3.8) is 0 Å². The van der Waals surface area contributed by atoms with Gasteiger partial charge in [0.15, 0.2) is 5.75 Å². The van der Waals surface area contributed by atoms with Crippen LogP contribution in [0.2, 0.25) is 0 Å². The first-order valence-electron chi connectivity index (χ1n) is 6.12. The molecule has 0 amide bonds. The van der Waals surface area contributed by atoms with Crippen LogP contribution in [0.5, 0.6) is 11.6 Å². The summed E-state index contributed by atoms with van der Waals surface area (Å²) >= 11 is 0. The summed E-state index contributed by atoms with van der Waals surface area (Å²) in [6, 6.07) is 3.52. The summed E-state index contributed by atoms with van der Waals surface area (Å²) in [5.74, 6) is -0.157. The molecule has 0 aliphatic rings. The van der Waals surface area contributed by atoms with Crippen LogP contribution in [0.15, 0.2) is 24.5 Å². The van der Waals surface area contributed by atoms with Gasteiger partial charge in [-0.15, -0.1) is 0 Å². The minimum absolute atomic E-state index is 0.0776. The average molecular weight is 296 g/mol. The van der Waals surface area contributed by atoms with Gasteiger partial charge in [-0.1, -0.05) is 6.92 Å². The Hall–Kier alpha value is -2.56. The molecule has 0 saturated heterocycles. The summed E-state index contributed by atoms with van der Waals surface area (Å²) in [5.41, 5.74) is -1.19. The van der Waals surface area contributed by atoms with E-state index < -0.39 is 11.9 Å². The lowest BCUT2D eigenvalue weighted by molar-refractivity contribution is -0.141. The third kappa shape index (κ3) is 3.51. The number of aryl methyl sites for hydroxylation is 1. The number of ether oxygens (including phenoxy) is 1. The molecule has 0 spiro atoms. The fraction of sp³-hybridized carbons (Fsp3) is 0.308. The highest BCUT2D eigenvalue weighted by Gasteiger charge is 2.33. The summed E-state index contributed by atoms with van der Waals surface area (Å²) in [4.78, 5) is 3.36. The number of aromatic nitrogens is 3. The van der Waals surface area contributed by atoms with Crippen LogP contribution in [0.4, 0.5) is 13.2 Å². The average Bonchev–Trinajstić information content (AvgIpc) is 2.85. The zero-order valence-electron chi connectivity index (χ0n) is 11.1. The molecule has 2 aromatic heterocycles. The summed E-state index contributed by atoms with van der Waals surface area (Å²) in [6.45, 7) is 2.62. The van der Waals surface area contributed by atoms with Gasteiger partial charge in [0.1, 0.15) is 17.3 Å². The summed E-state index contributed by atoms with van der Waals surface area (Å²) < 4.78 is 44.7. The Morgan fingerprint density at radius 1 is 1.38 bits per heavy atom. The van der Waals surface area contributed by atoms with Gasteiger partial charge in [-0.2, -0.15) is 23.5 Å². The predicted octanol–water partition coefficient (Wildman–Crippen LogP) is 3.37. The minimum Gasteiger partial charge on any atom is -0.434 e. The van der Waals surface area contributed by atoms with E-state index in [-0.39, 0.29) is 17.2 Å². The maximum absolute atomic E-state index is 12.6. The van der Waals surface area contributed by atoms with Crippen LogP contribution in [0, 0.1) is 11.3 Å². The third-order valence-corrected chi connectivity index (χ3v) is 2.55. The SMILES string of the molecule is CCCn1cc(Oc2nc(C(F)(F)F)ccc2C#N)cn1. The van der Waals surface area contributed by atoms with Gasteiger partial charge >= 0.3 is 6.18 Å². The lowest BCUT2D eigenvalue weighted by Crippen LogP contribution is -2.09. The first-order chi connectivity index (χ1) is 9.94. The monoisotopic (exact) mass is 296 g/mol. The second-order valence-corrected chi connectivity index (χ2v) is 4.20. The Balaban J connectivity index is 2.31. The highest BCUT2D eigenvalue weighted by atomic mass is 19.4. The Morgan fingerprint density at radius 3 is 2.76 bits per heavy atom. The molecule has 0 fully saturated rings. The summed E-state index contributed by atoms with van der Waals surface area (Å²) in [5, 5.41) is 12.9. The molecule has 2 aromatic rings. The van der Waals surface area contributed by atoms with E-state index in [2.05, 4.69) is 10.1 Å². The van der Waals surface area contributed by atoms with Crippen molar-refractivity contribution >= 4 is 0 Å². The van der Waals surface area contributed by atoms with E-state index in [1.54, 1.807) is 10.8 Å². The fourth-order valence-electron chi connectivity index (χ4n) is 1.62. The number of nitrogens with zero attached hydrogens (tertiary/aromatic N) is 4. The molecular formula is C13H11F3N4O. The van der Waals surface area contributed by atoms with Crippen LogP contribution in [0.3, 0.4) is 0 Å². The van der Waals surface area contributed by atoms with Crippen molar-refractivity contribution in [2.75, 3.05) is 0 Å². The fourth-order valence-corrected chi connectivity index (χ4v) is 1.62. The first-order valence-corrected chi connectivity index (χ1v) is 6.12. The molecule has 2 rings (SSSR count). The molecule has 0 aliphatic heterocycles. The zero-order chi connectivity index (χ0) is 15.5. The largest absolute Gasteiger partial charge is 0.434 e. The van der Waals surface area contributed by atoms with Gasteiger partial charge in [-0.05, 0) is 18.6 Å². The second-order valence-electron chi connectivity index (χ2n) is 4.20. The molecule has 5 nitrogen and oxygen atoms in total. The summed E-state index contributed by atoms with van der Waals surface area (Å²) in [7, 11) is 0. The van der Waals surface area contributed by atoms with E-state index in [0.717, 1.165) is 18.6 Å². The van der Waals surface area contributed by atoms with Gasteiger partial charge in [0.2, 0.25) is 5.88 Å². The molecule has 2 heterocycles. The van der Waals surface area contributed by atoms with E-state index in [1.165, 1.54) is 12.4 Å². The Kier molecular flexibility index (Phi) is 4.12. The molecular weight excluding hydrogens is 285 g/mol. The Labute approximate surface area is 118 Å². The molecule has 21 heavy (non-hydrogen) atoms. The number of halogens is 3. The van der Waals surface area contributed by atoms with E-state index in [0.29, 0.717) is 6.54 Å². The number of hydrogen-bond acceptors (Lipinski definition) is 4. The maximum atomic E-state index is 12.6. The van der Waals surface area contributed by atoms with Crippen LogP contribution < -0.4 is 4.74 Å². The van der Waals surface area contributed by atoms with Crippen molar-refractivity contribution in [3.8, 4) is 17.7 Å². The Morgan fingerprint density at radius 2 is 2.14 bits per heavy atom. The van der Waals surface area contributed by atoms with Gasteiger partial charge in [0.05, 0.1) is 12.4 Å². The number of alkyl halides is 3. The topological polar surface area (TPSA) is 63.7 Å². The number of hydrogen-bond donors (Lipinski definition) is 0. The van der Waals surface area contributed by atoms with Gasteiger partial charge in [0.25, 0.3) is 0 Å². The number of nitriles is 1. The van der Waals surface area contributed by atoms with Crippen LogP contribution in [0.1, 0.15) is 24.6 Å². The Bertz CT molecular complexity index is 673. The first kappa shape index (κ1) is 14.8. The zero-order valence-corrected chi connectivity index (χ0v) is 11.1. The molecule has 0 N–H and O–H groups in total. The minimum atomic E-state index is -4.60. The predicted molar refractivity (Wildman–Crippen MR) is 66.5 cm³/mol. The van der Waals surface area contributed by atoms with Crippen LogP contribution in [-0.2, 0) is 12.7 Å². The molecule has 0 unspecified atom stereocenters. The van der Waals surface area contributed by atoms with Crippen molar-refractivity contribution in [1.82, 2.24) is 14.8 Å². The highest BCUT2D eigenvalue weighted by molar-refractivity contribution is 5.41. The van der Waals surface area contributed by atoms with E-state index in [1.807, 2.05) is 6.92 Å². The molecule has 0 atom stereocenters. The smallest absolute Gasteiger partial charge is 0.433 e. The van der Waals surface area contributed by atoms with Crippen molar-refractivity contribution in [3.05, 3.63) is 35.8 Å². The number of rotatable bonds is 4. The molecule has 0 aromatic carbocycles. The number of pyridine rings is 1. The van der Waals surface area contributed by atoms with Crippen molar-refractivity contribution in [2.24, 2.45) is 0 Å². The van der Waals surface area contributed by atoms with Crippen LogP contribution in [0.25, 0.3) is 0 Å². The standard InChI is InChI=1S/C13H11F3N4O/c1-2-5-20-8-10(7-18-20)21-12-9(6-17)3-4-11(19-12)13(14,15)16/h3-4,7-8H,2,5H2,1H3. The van der Waals surface area contributed by atoms with E-state index >= 15 is 0 Å². The molecule has 110 valence electrons. The molecule has 0 bridgehead atoms. The van der Waals surface area contributed by atoms with Crippen molar-refractivity contribution < 1.29 is 17.9 Å². The van der Waals surface area contributed by atoms with Crippen LogP contribution in [-0.4, -0.2) is 14.8 Å². The lowest BCUT2D eigenvalue weighted by atomic mass is 10.2. The molecule has 0 radical (unpaired) electrons. The van der Waals surface area contributed by atoms with Gasteiger partial charge in [-0.3, -0.25) is 4.68 Å². The van der Waals surface area contributed by atoms with Gasteiger partial charge < -0.3 is 4.74 Å². The van der Waals surface area contributed by atoms with Gasteiger partial charge in [0, 0.05) is 6.54 Å². The highest BCUT2D eigenvalue weighted by Crippen LogP contribution is 2.31. The second kappa shape index (κ2) is 5.83. The van der Waals surface area contributed by atoms with Gasteiger partial charge in [-0.25, -0.2) is 4.98 Å². The van der Waals surface area contributed by atoms with Crippen LogP contribution >= 0.6 is 0 Å². The molecule has 0 aliphatic carbocycles. The van der Waals surface area contributed by atoms with Crippen molar-refractivity contribution in [1.29, 1.82) is 5.26 Å². The van der Waals surface area contributed by atoms with E-state index in [9.17, 15) is 13.2 Å². The lowest BCUT2D eigenvalue weighted by Gasteiger charge is -2.09. The maximum Gasteiger partial charge on any atom is 0.433 e. The molecule has 8 heteroatoms. The van der Waals surface area contributed by atoms with E-state index in [4.69, 9.17) is 10.00 Å². The molecule has 0 saturated carbocycles. The quantitative estimate of drug-likeness (QED) is 0.867. The third-order valence-electron chi connectivity index (χ3n) is 2.55. The summed E-state index contributed by atoms with van der Waals surface area (Å²) in [6.07, 6.45) is -0.851. The van der Waals surface area contributed by atoms with Crippen molar-refractivity contribution in [2.45, 2.75) is 26.1 Å².